The van der Waals surface area contributed by atoms with E-state index in [2.05, 4.69) is 10.1 Å². The van der Waals surface area contributed by atoms with Gasteiger partial charge in [-0.25, -0.2) is 12.8 Å². The molecule has 2 heterocycles. The first-order chi connectivity index (χ1) is 13.8. The molecule has 2 aromatic carbocycles. The molecule has 1 saturated heterocycles. The summed E-state index contributed by atoms with van der Waals surface area (Å²) in [6, 6.07) is 11.1. The normalized spacial score (nSPS) is 16.2. The summed E-state index contributed by atoms with van der Waals surface area (Å²) in [5.41, 5.74) is 1.19. The smallest absolute Gasteiger partial charge is 0.257 e. The van der Waals surface area contributed by atoms with Crippen LogP contribution in [0, 0.1) is 12.7 Å². The molecule has 9 heteroatoms. The number of piperidine rings is 1. The van der Waals surface area contributed by atoms with Crippen molar-refractivity contribution in [1.29, 1.82) is 0 Å². The van der Waals surface area contributed by atoms with E-state index in [4.69, 9.17) is 16.1 Å². The summed E-state index contributed by atoms with van der Waals surface area (Å²) in [7, 11) is -3.73. The molecule has 1 aliphatic heterocycles. The summed E-state index contributed by atoms with van der Waals surface area (Å²) in [6.45, 7) is 2.22. The summed E-state index contributed by atoms with van der Waals surface area (Å²) < 4.78 is 46.2. The lowest BCUT2D eigenvalue weighted by Gasteiger charge is -2.29. The second kappa shape index (κ2) is 7.85. The summed E-state index contributed by atoms with van der Waals surface area (Å²) in [5, 5.41) is 4.69. The van der Waals surface area contributed by atoms with Crippen molar-refractivity contribution in [3.05, 3.63) is 64.7 Å². The van der Waals surface area contributed by atoms with E-state index in [0.29, 0.717) is 48.2 Å². The number of hydrogen-bond donors (Lipinski definition) is 0. The predicted molar refractivity (Wildman–Crippen MR) is 107 cm³/mol. The molecule has 152 valence electrons. The Hall–Kier alpha value is -2.29. The second-order valence-corrected chi connectivity index (χ2v) is 9.43. The van der Waals surface area contributed by atoms with E-state index in [-0.39, 0.29) is 10.8 Å². The molecule has 0 N–H and O–H groups in total. The van der Waals surface area contributed by atoms with E-state index in [1.165, 1.54) is 16.4 Å². The van der Waals surface area contributed by atoms with E-state index < -0.39 is 15.8 Å². The summed E-state index contributed by atoms with van der Waals surface area (Å²) in [5.74, 6) is 0.443. The molecule has 6 nitrogen and oxygen atoms in total. The number of sulfonamides is 1. The minimum Gasteiger partial charge on any atom is -0.334 e. The molecule has 0 aliphatic carbocycles. The van der Waals surface area contributed by atoms with Gasteiger partial charge in [0.25, 0.3) is 5.89 Å². The zero-order valence-corrected chi connectivity index (χ0v) is 17.3. The van der Waals surface area contributed by atoms with Gasteiger partial charge in [-0.15, -0.1) is 0 Å². The molecule has 1 fully saturated rings. The van der Waals surface area contributed by atoms with Gasteiger partial charge in [0.05, 0.1) is 4.90 Å². The summed E-state index contributed by atoms with van der Waals surface area (Å²) in [6.07, 6.45) is 1.13. The molecule has 0 amide bonds. The highest BCUT2D eigenvalue weighted by Crippen LogP contribution is 2.31. The fourth-order valence-corrected chi connectivity index (χ4v) is 4.96. The first-order valence-electron chi connectivity index (χ1n) is 9.20. The lowest BCUT2D eigenvalue weighted by molar-refractivity contribution is 0.307. The van der Waals surface area contributed by atoms with Crippen LogP contribution in [0.25, 0.3) is 11.5 Å². The van der Waals surface area contributed by atoms with E-state index in [9.17, 15) is 12.8 Å². The van der Waals surface area contributed by atoms with Crippen LogP contribution in [0.1, 0.15) is 30.1 Å². The van der Waals surface area contributed by atoms with Crippen LogP contribution >= 0.6 is 11.6 Å². The maximum Gasteiger partial charge on any atom is 0.257 e. The van der Waals surface area contributed by atoms with Gasteiger partial charge in [0, 0.05) is 29.6 Å². The number of benzene rings is 2. The number of aryl methyl sites for hydroxylation is 1. The average Bonchev–Trinajstić information content (AvgIpc) is 3.21. The quantitative estimate of drug-likeness (QED) is 0.606. The van der Waals surface area contributed by atoms with Crippen molar-refractivity contribution in [2.75, 3.05) is 13.1 Å². The Morgan fingerprint density at radius 3 is 2.48 bits per heavy atom. The number of halogens is 2. The van der Waals surface area contributed by atoms with E-state index in [1.807, 2.05) is 0 Å². The average molecular weight is 436 g/mol. The van der Waals surface area contributed by atoms with Gasteiger partial charge in [-0.2, -0.15) is 9.29 Å². The molecule has 29 heavy (non-hydrogen) atoms. The van der Waals surface area contributed by atoms with Crippen LogP contribution in [-0.4, -0.2) is 36.0 Å². The largest absolute Gasteiger partial charge is 0.334 e. The lowest BCUT2D eigenvalue weighted by Crippen LogP contribution is -2.38. The third-order valence-corrected chi connectivity index (χ3v) is 7.28. The van der Waals surface area contributed by atoms with Crippen molar-refractivity contribution >= 4 is 21.6 Å². The molecule has 1 aromatic heterocycles. The number of hydrogen-bond acceptors (Lipinski definition) is 5. The Bertz CT molecular complexity index is 1120. The third-order valence-electron chi connectivity index (χ3n) is 5.13. The van der Waals surface area contributed by atoms with Crippen LogP contribution in [0.4, 0.5) is 4.39 Å². The molecule has 4 rings (SSSR count). The molecule has 0 bridgehead atoms. The maximum atomic E-state index is 13.8. The van der Waals surface area contributed by atoms with Crippen LogP contribution in [0.15, 0.2) is 51.9 Å². The van der Waals surface area contributed by atoms with Crippen molar-refractivity contribution in [1.82, 2.24) is 14.4 Å². The maximum absolute atomic E-state index is 13.8. The van der Waals surface area contributed by atoms with Crippen LogP contribution in [0.2, 0.25) is 5.02 Å². The summed E-state index contributed by atoms with van der Waals surface area (Å²) in [4.78, 5) is 4.44. The topological polar surface area (TPSA) is 76.3 Å². The van der Waals surface area contributed by atoms with Crippen molar-refractivity contribution in [2.24, 2.45) is 0 Å². The monoisotopic (exact) mass is 435 g/mol. The van der Waals surface area contributed by atoms with Crippen molar-refractivity contribution < 1.29 is 17.3 Å². The Kier molecular flexibility index (Phi) is 5.42. The highest BCUT2D eigenvalue weighted by atomic mass is 35.5. The van der Waals surface area contributed by atoms with Crippen LogP contribution < -0.4 is 0 Å². The number of nitrogens with zero attached hydrogens (tertiary/aromatic N) is 3. The van der Waals surface area contributed by atoms with Crippen molar-refractivity contribution in [3.63, 3.8) is 0 Å². The Balaban J connectivity index is 1.45. The molecular weight excluding hydrogens is 417 g/mol. The van der Waals surface area contributed by atoms with Gasteiger partial charge in [0.15, 0.2) is 5.82 Å². The Morgan fingerprint density at radius 1 is 1.14 bits per heavy atom. The highest BCUT2D eigenvalue weighted by molar-refractivity contribution is 7.89. The van der Waals surface area contributed by atoms with E-state index in [1.54, 1.807) is 31.2 Å². The molecule has 3 aromatic rings. The van der Waals surface area contributed by atoms with E-state index >= 15 is 0 Å². The molecule has 0 spiro atoms. The lowest BCUT2D eigenvalue weighted by atomic mass is 9.97. The Morgan fingerprint density at radius 2 is 1.83 bits per heavy atom. The zero-order chi connectivity index (χ0) is 20.6. The van der Waals surface area contributed by atoms with Crippen molar-refractivity contribution in [3.8, 4) is 11.5 Å². The van der Waals surface area contributed by atoms with Gasteiger partial charge in [0.2, 0.25) is 10.0 Å². The minimum atomic E-state index is -3.73. The first-order valence-corrected chi connectivity index (χ1v) is 11.0. The fraction of sp³-hybridized carbons (Fsp3) is 0.300. The molecule has 1 aliphatic rings. The van der Waals surface area contributed by atoms with Gasteiger partial charge in [-0.3, -0.25) is 0 Å². The van der Waals surface area contributed by atoms with Crippen LogP contribution in [-0.2, 0) is 10.0 Å². The first kappa shape index (κ1) is 20.0. The van der Waals surface area contributed by atoms with Crippen molar-refractivity contribution in [2.45, 2.75) is 30.6 Å². The van der Waals surface area contributed by atoms with Gasteiger partial charge in [-0.1, -0.05) is 22.8 Å². The fourth-order valence-electron chi connectivity index (χ4n) is 3.35. The second-order valence-electron chi connectivity index (χ2n) is 7.05. The molecule has 0 atom stereocenters. The minimum absolute atomic E-state index is 0.000930. The van der Waals surface area contributed by atoms with Gasteiger partial charge in [0.1, 0.15) is 5.82 Å². The van der Waals surface area contributed by atoms with Gasteiger partial charge < -0.3 is 4.52 Å². The standard InChI is InChI=1S/C20H19ClFN3O3S/c1-13-2-7-17(12-18(13)22)29(26,27)25-10-8-14(9-11-25)19-23-20(28-24-19)15-3-5-16(21)6-4-15/h2-7,12,14H,8-11H2,1H3. The van der Waals surface area contributed by atoms with Gasteiger partial charge in [-0.05, 0) is 61.7 Å². The highest BCUT2D eigenvalue weighted by Gasteiger charge is 2.32. The zero-order valence-electron chi connectivity index (χ0n) is 15.7. The van der Waals surface area contributed by atoms with E-state index in [0.717, 1.165) is 11.6 Å². The SMILES string of the molecule is Cc1ccc(S(=O)(=O)N2CCC(c3noc(-c4ccc(Cl)cc4)n3)CC2)cc1F. The summed E-state index contributed by atoms with van der Waals surface area (Å²) >= 11 is 5.90. The predicted octanol–water partition coefficient (Wildman–Crippen LogP) is 4.41. The third kappa shape index (κ3) is 4.05. The van der Waals surface area contributed by atoms with Crippen LogP contribution in [0.5, 0.6) is 0 Å². The molecule has 0 saturated carbocycles. The number of rotatable bonds is 4. The van der Waals surface area contributed by atoms with Gasteiger partial charge >= 0.3 is 0 Å². The molecule has 0 unspecified atom stereocenters. The number of aromatic nitrogens is 2. The molecule has 0 radical (unpaired) electrons. The Labute approximate surface area is 173 Å². The molecular formula is C20H19ClFN3O3S. The van der Waals surface area contributed by atoms with Crippen LogP contribution in [0.3, 0.4) is 0 Å².